The fourth-order valence-corrected chi connectivity index (χ4v) is 1.85. The van der Waals surface area contributed by atoms with Crippen molar-refractivity contribution in [2.45, 2.75) is 12.8 Å². The van der Waals surface area contributed by atoms with E-state index in [4.69, 9.17) is 0 Å². The van der Waals surface area contributed by atoms with E-state index in [-0.39, 0.29) is 5.82 Å². The van der Waals surface area contributed by atoms with Gasteiger partial charge in [-0.3, -0.25) is 5.10 Å². The van der Waals surface area contributed by atoms with Gasteiger partial charge in [-0.05, 0) is 44.1 Å². The Morgan fingerprint density at radius 2 is 2.29 bits per heavy atom. The van der Waals surface area contributed by atoms with Crippen LogP contribution in [0.1, 0.15) is 12.1 Å². The van der Waals surface area contributed by atoms with Crippen molar-refractivity contribution in [2.75, 3.05) is 13.6 Å². The second-order valence-electron chi connectivity index (χ2n) is 3.98. The molecule has 0 spiro atoms. The van der Waals surface area contributed by atoms with Gasteiger partial charge in [-0.2, -0.15) is 5.10 Å². The maximum atomic E-state index is 13.2. The molecule has 0 fully saturated rings. The zero-order valence-corrected chi connectivity index (χ0v) is 9.83. The minimum Gasteiger partial charge on any atom is -0.320 e. The number of aromatic nitrogens is 2. The molecular formula is C13H16FN3. The number of halogens is 1. The average molecular weight is 233 g/mol. The van der Waals surface area contributed by atoms with Crippen molar-refractivity contribution in [3.8, 4) is 11.1 Å². The highest BCUT2D eigenvalue weighted by atomic mass is 19.1. The predicted octanol–water partition coefficient (Wildman–Crippen LogP) is 2.37. The summed E-state index contributed by atoms with van der Waals surface area (Å²) >= 11 is 0. The third-order valence-electron chi connectivity index (χ3n) is 2.71. The number of benzene rings is 1. The number of rotatable bonds is 5. The summed E-state index contributed by atoms with van der Waals surface area (Å²) in [6, 6.07) is 6.60. The first-order chi connectivity index (χ1) is 8.31. The molecule has 0 aliphatic carbocycles. The van der Waals surface area contributed by atoms with E-state index in [1.54, 1.807) is 12.3 Å². The highest BCUT2D eigenvalue weighted by Crippen LogP contribution is 2.23. The van der Waals surface area contributed by atoms with Gasteiger partial charge < -0.3 is 5.32 Å². The van der Waals surface area contributed by atoms with Crippen molar-refractivity contribution in [1.29, 1.82) is 0 Å². The van der Waals surface area contributed by atoms with Gasteiger partial charge in [0.05, 0.1) is 6.20 Å². The summed E-state index contributed by atoms with van der Waals surface area (Å²) in [5.41, 5.74) is 2.92. The second-order valence-corrected chi connectivity index (χ2v) is 3.98. The number of aromatic amines is 1. The molecule has 0 radical (unpaired) electrons. The van der Waals surface area contributed by atoms with Crippen molar-refractivity contribution in [3.05, 3.63) is 42.0 Å². The van der Waals surface area contributed by atoms with E-state index in [0.29, 0.717) is 0 Å². The van der Waals surface area contributed by atoms with E-state index in [0.717, 1.165) is 36.2 Å². The molecule has 2 N–H and O–H groups in total. The SMILES string of the molecule is CNCCCc1[nH]ncc1-c1cccc(F)c1. The molecule has 0 saturated heterocycles. The Labute approximate surface area is 100 Å². The molecule has 90 valence electrons. The van der Waals surface area contributed by atoms with Crippen molar-refractivity contribution < 1.29 is 4.39 Å². The van der Waals surface area contributed by atoms with E-state index in [1.807, 2.05) is 13.1 Å². The lowest BCUT2D eigenvalue weighted by molar-refractivity contribution is 0.628. The molecule has 0 atom stereocenters. The number of H-pyrrole nitrogens is 1. The van der Waals surface area contributed by atoms with Crippen LogP contribution in [0.3, 0.4) is 0 Å². The Morgan fingerprint density at radius 1 is 1.41 bits per heavy atom. The lowest BCUT2D eigenvalue weighted by atomic mass is 10.0. The molecule has 0 aliphatic rings. The summed E-state index contributed by atoms with van der Waals surface area (Å²) < 4.78 is 13.2. The van der Waals surface area contributed by atoms with Crippen LogP contribution in [0, 0.1) is 5.82 Å². The second kappa shape index (κ2) is 5.59. The Kier molecular flexibility index (Phi) is 3.88. The van der Waals surface area contributed by atoms with E-state index >= 15 is 0 Å². The first-order valence-electron chi connectivity index (χ1n) is 5.74. The van der Waals surface area contributed by atoms with Gasteiger partial charge in [-0.1, -0.05) is 12.1 Å². The van der Waals surface area contributed by atoms with Crippen molar-refractivity contribution in [2.24, 2.45) is 0 Å². The van der Waals surface area contributed by atoms with Crippen LogP contribution < -0.4 is 5.32 Å². The Bertz CT molecular complexity index is 479. The van der Waals surface area contributed by atoms with Crippen LogP contribution in [0.25, 0.3) is 11.1 Å². The van der Waals surface area contributed by atoms with Crippen LogP contribution in [0.5, 0.6) is 0 Å². The summed E-state index contributed by atoms with van der Waals surface area (Å²) in [5.74, 6) is -0.218. The predicted molar refractivity (Wildman–Crippen MR) is 66.2 cm³/mol. The van der Waals surface area contributed by atoms with Gasteiger partial charge in [0.2, 0.25) is 0 Å². The van der Waals surface area contributed by atoms with Crippen LogP contribution in [0.4, 0.5) is 4.39 Å². The number of nitrogens with zero attached hydrogens (tertiary/aromatic N) is 1. The molecule has 1 aromatic heterocycles. The molecule has 0 bridgehead atoms. The first-order valence-corrected chi connectivity index (χ1v) is 5.74. The maximum Gasteiger partial charge on any atom is 0.123 e. The van der Waals surface area contributed by atoms with Gasteiger partial charge in [-0.15, -0.1) is 0 Å². The third kappa shape index (κ3) is 2.91. The summed E-state index contributed by atoms with van der Waals surface area (Å²) in [6.07, 6.45) is 3.69. The summed E-state index contributed by atoms with van der Waals surface area (Å²) in [6.45, 7) is 0.960. The topological polar surface area (TPSA) is 40.7 Å². The normalized spacial score (nSPS) is 10.7. The number of hydrogen-bond donors (Lipinski definition) is 2. The van der Waals surface area contributed by atoms with Crippen molar-refractivity contribution >= 4 is 0 Å². The molecule has 1 aromatic carbocycles. The van der Waals surface area contributed by atoms with E-state index in [1.165, 1.54) is 12.1 Å². The van der Waals surface area contributed by atoms with Crippen molar-refractivity contribution in [1.82, 2.24) is 15.5 Å². The van der Waals surface area contributed by atoms with E-state index < -0.39 is 0 Å². The minimum atomic E-state index is -0.218. The van der Waals surface area contributed by atoms with Crippen LogP contribution in [-0.4, -0.2) is 23.8 Å². The highest BCUT2D eigenvalue weighted by molar-refractivity contribution is 5.65. The smallest absolute Gasteiger partial charge is 0.123 e. The Balaban J connectivity index is 2.18. The molecule has 0 aliphatic heterocycles. The molecule has 1 heterocycles. The molecular weight excluding hydrogens is 217 g/mol. The molecule has 3 nitrogen and oxygen atoms in total. The van der Waals surface area contributed by atoms with E-state index in [9.17, 15) is 4.39 Å². The first kappa shape index (κ1) is 11.8. The zero-order valence-electron chi connectivity index (χ0n) is 9.83. The Hall–Kier alpha value is -1.68. The summed E-state index contributed by atoms with van der Waals surface area (Å²) in [5, 5.41) is 10.1. The van der Waals surface area contributed by atoms with Gasteiger partial charge >= 0.3 is 0 Å². The Morgan fingerprint density at radius 3 is 3.06 bits per heavy atom. The number of aryl methyl sites for hydroxylation is 1. The quantitative estimate of drug-likeness (QED) is 0.778. The fraction of sp³-hybridized carbons (Fsp3) is 0.308. The molecule has 0 unspecified atom stereocenters. The molecule has 2 aromatic rings. The third-order valence-corrected chi connectivity index (χ3v) is 2.71. The summed E-state index contributed by atoms with van der Waals surface area (Å²) in [4.78, 5) is 0. The van der Waals surface area contributed by atoms with Crippen LogP contribution in [0.15, 0.2) is 30.5 Å². The standard InChI is InChI=1S/C13H16FN3/c1-15-7-3-6-13-12(9-16-17-13)10-4-2-5-11(14)8-10/h2,4-5,8-9,15H,3,6-7H2,1H3,(H,16,17). The zero-order chi connectivity index (χ0) is 12.1. The largest absolute Gasteiger partial charge is 0.320 e. The van der Waals surface area contributed by atoms with Gasteiger partial charge in [-0.25, -0.2) is 4.39 Å². The fourth-order valence-electron chi connectivity index (χ4n) is 1.85. The molecule has 2 rings (SSSR count). The van der Waals surface area contributed by atoms with Gasteiger partial charge in [0, 0.05) is 11.3 Å². The lowest BCUT2D eigenvalue weighted by Crippen LogP contribution is -2.08. The van der Waals surface area contributed by atoms with Crippen molar-refractivity contribution in [3.63, 3.8) is 0 Å². The summed E-state index contributed by atoms with van der Waals surface area (Å²) in [7, 11) is 1.93. The molecule has 0 amide bonds. The van der Waals surface area contributed by atoms with Gasteiger partial charge in [0.15, 0.2) is 0 Å². The molecule has 17 heavy (non-hydrogen) atoms. The number of nitrogens with one attached hydrogen (secondary N) is 2. The maximum absolute atomic E-state index is 13.2. The van der Waals surface area contributed by atoms with Crippen LogP contribution in [-0.2, 0) is 6.42 Å². The average Bonchev–Trinajstić information content (AvgIpc) is 2.78. The molecule has 0 saturated carbocycles. The van der Waals surface area contributed by atoms with Gasteiger partial charge in [0.1, 0.15) is 5.82 Å². The lowest BCUT2D eigenvalue weighted by Gasteiger charge is -2.03. The minimum absolute atomic E-state index is 0.218. The monoisotopic (exact) mass is 233 g/mol. The number of hydrogen-bond acceptors (Lipinski definition) is 2. The molecule has 4 heteroatoms. The highest BCUT2D eigenvalue weighted by Gasteiger charge is 2.07. The van der Waals surface area contributed by atoms with E-state index in [2.05, 4.69) is 15.5 Å². The van der Waals surface area contributed by atoms with Gasteiger partial charge in [0.25, 0.3) is 0 Å². The van der Waals surface area contributed by atoms with Crippen LogP contribution >= 0.6 is 0 Å². The van der Waals surface area contributed by atoms with Crippen LogP contribution in [0.2, 0.25) is 0 Å².